The van der Waals surface area contributed by atoms with Gasteiger partial charge in [0.2, 0.25) is 0 Å². The van der Waals surface area contributed by atoms with E-state index in [2.05, 4.69) is 0 Å². The van der Waals surface area contributed by atoms with Crippen molar-refractivity contribution in [1.82, 2.24) is 0 Å². The molecule has 4 nitrogen and oxygen atoms in total. The van der Waals surface area contributed by atoms with E-state index in [1.807, 2.05) is 0 Å². The lowest BCUT2D eigenvalue weighted by Gasteiger charge is -2.11. The van der Waals surface area contributed by atoms with Crippen LogP contribution in [-0.4, -0.2) is 20.8 Å². The van der Waals surface area contributed by atoms with E-state index >= 15 is 0 Å². The van der Waals surface area contributed by atoms with Crippen LogP contribution in [0.5, 0.6) is 0 Å². The smallest absolute Gasteiger partial charge is 0.339 e. The van der Waals surface area contributed by atoms with E-state index < -0.39 is 34.8 Å². The second-order valence-electron chi connectivity index (χ2n) is 5.62. The summed E-state index contributed by atoms with van der Waals surface area (Å²) in [6.45, 7) is 1.62. The quantitative estimate of drug-likeness (QED) is 0.666. The summed E-state index contributed by atoms with van der Waals surface area (Å²) in [4.78, 5) is 12.2. The molecule has 0 aromatic heterocycles. The zero-order valence-corrected chi connectivity index (χ0v) is 14.0. The minimum Gasteiger partial charge on any atom is -0.454 e. The van der Waals surface area contributed by atoms with Gasteiger partial charge in [-0.1, -0.05) is 24.3 Å². The van der Waals surface area contributed by atoms with Crippen LogP contribution < -0.4 is 0 Å². The van der Waals surface area contributed by atoms with Crippen LogP contribution in [0.4, 0.5) is 8.78 Å². The van der Waals surface area contributed by atoms with E-state index in [0.717, 1.165) is 6.07 Å². The van der Waals surface area contributed by atoms with Crippen LogP contribution >= 0.6 is 0 Å². The monoisotopic (exact) mass is 364 g/mol. The number of carbonyl (C=O) groups excluding carboxylic acids is 1. The van der Waals surface area contributed by atoms with Gasteiger partial charge in [-0.25, -0.2) is 17.8 Å². The van der Waals surface area contributed by atoms with Crippen molar-refractivity contribution in [3.8, 4) is 0 Å². The van der Waals surface area contributed by atoms with Crippen molar-refractivity contribution >= 4 is 28.2 Å². The lowest BCUT2D eigenvalue weighted by molar-refractivity contribution is -0.136. The van der Waals surface area contributed by atoms with E-state index in [0.29, 0.717) is 16.7 Å². The maximum atomic E-state index is 14.6. The van der Waals surface area contributed by atoms with Gasteiger partial charge in [0, 0.05) is 11.1 Å². The molecule has 0 bridgehead atoms. The highest BCUT2D eigenvalue weighted by molar-refractivity contribution is 7.78. The van der Waals surface area contributed by atoms with Crippen LogP contribution in [-0.2, 0) is 26.4 Å². The molecule has 0 radical (unpaired) electrons. The van der Waals surface area contributed by atoms with Gasteiger partial charge in [0.15, 0.2) is 11.1 Å². The zero-order chi connectivity index (χ0) is 18.1. The molecular formula is C18H14F2O4S. The minimum atomic E-state index is -2.08. The second-order valence-corrected chi connectivity index (χ2v) is 6.55. The fourth-order valence-electron chi connectivity index (χ4n) is 2.84. The molecule has 0 saturated heterocycles. The Kier molecular flexibility index (Phi) is 4.78. The Balaban J connectivity index is 2.12. The van der Waals surface area contributed by atoms with E-state index in [1.165, 1.54) is 36.4 Å². The fourth-order valence-corrected chi connectivity index (χ4v) is 3.31. The maximum Gasteiger partial charge on any atom is 0.339 e. The first-order valence-electron chi connectivity index (χ1n) is 7.44. The number of hydrogen-bond acceptors (Lipinski definition) is 3. The molecule has 0 fully saturated rings. The molecule has 2 atom stereocenters. The first kappa shape index (κ1) is 17.4. The number of benzene rings is 2. The van der Waals surface area contributed by atoms with Crippen molar-refractivity contribution in [2.45, 2.75) is 18.8 Å². The summed E-state index contributed by atoms with van der Waals surface area (Å²) in [5, 5.41) is 0. The second kappa shape index (κ2) is 6.85. The first-order valence-corrected chi connectivity index (χ1v) is 8.71. The van der Waals surface area contributed by atoms with E-state index in [1.54, 1.807) is 6.92 Å². The van der Waals surface area contributed by atoms with Gasteiger partial charge >= 0.3 is 5.97 Å². The number of hydrogen-bond donors (Lipinski definition) is 1. The minimum absolute atomic E-state index is 0.171. The molecule has 1 N–H and O–H groups in total. The molecule has 7 heteroatoms. The molecular weight excluding hydrogens is 350 g/mol. The molecule has 0 saturated carbocycles. The van der Waals surface area contributed by atoms with Gasteiger partial charge < -0.3 is 9.29 Å². The van der Waals surface area contributed by atoms with Gasteiger partial charge in [0.1, 0.15) is 17.7 Å². The highest BCUT2D eigenvalue weighted by atomic mass is 32.2. The number of cyclic esters (lactones) is 1. The molecule has 1 aliphatic rings. The summed E-state index contributed by atoms with van der Waals surface area (Å²) in [6.07, 6.45) is -0.667. The van der Waals surface area contributed by atoms with Crippen LogP contribution in [0, 0.1) is 11.6 Å². The molecule has 2 aromatic carbocycles. The Morgan fingerprint density at radius 3 is 2.44 bits per heavy atom. The average molecular weight is 364 g/mol. The molecule has 3 rings (SSSR count). The van der Waals surface area contributed by atoms with Crippen molar-refractivity contribution in [3.05, 3.63) is 70.8 Å². The van der Waals surface area contributed by atoms with Crippen molar-refractivity contribution in [2.75, 3.05) is 0 Å². The van der Waals surface area contributed by atoms with Crippen LogP contribution in [0.25, 0.3) is 11.1 Å². The number of halogens is 2. The highest BCUT2D eigenvalue weighted by Gasteiger charge is 2.34. The lowest BCUT2D eigenvalue weighted by atomic mass is 9.92. The normalized spacial score (nSPS) is 18.4. The van der Waals surface area contributed by atoms with Gasteiger partial charge in [0.05, 0.1) is 11.3 Å². The summed E-state index contributed by atoms with van der Waals surface area (Å²) in [6, 6.07) is 9.44. The molecule has 25 heavy (non-hydrogen) atoms. The van der Waals surface area contributed by atoms with Gasteiger partial charge in [0.25, 0.3) is 0 Å². The third kappa shape index (κ3) is 3.52. The van der Waals surface area contributed by atoms with E-state index in [-0.39, 0.29) is 16.9 Å². The topological polar surface area (TPSA) is 63.6 Å². The van der Waals surface area contributed by atoms with Crippen LogP contribution in [0.1, 0.15) is 23.6 Å². The van der Waals surface area contributed by atoms with Crippen molar-refractivity contribution in [1.29, 1.82) is 0 Å². The number of esters is 1. The Hall–Kier alpha value is -2.38. The summed E-state index contributed by atoms with van der Waals surface area (Å²) < 4.78 is 52.7. The van der Waals surface area contributed by atoms with Crippen molar-refractivity contribution in [3.63, 3.8) is 0 Å². The molecule has 2 aromatic rings. The largest absolute Gasteiger partial charge is 0.454 e. The third-order valence-electron chi connectivity index (χ3n) is 3.91. The molecule has 0 amide bonds. The van der Waals surface area contributed by atoms with Crippen molar-refractivity contribution in [2.24, 2.45) is 0 Å². The van der Waals surface area contributed by atoms with Crippen LogP contribution in [0.2, 0.25) is 0 Å². The predicted octanol–water partition coefficient (Wildman–Crippen LogP) is 3.54. The standard InChI is InChI=1S/C18H14F2O4S/c1-10-16(14-7-2-11(8-15(14)20)9-25(22)23)17(18(21)24-10)12-3-5-13(19)6-4-12/h2-8,10H,9H2,1H3,(H,22,23). The lowest BCUT2D eigenvalue weighted by Crippen LogP contribution is -2.06. The Bertz CT molecular complexity index is 890. The van der Waals surface area contributed by atoms with Gasteiger partial charge in [-0.3, -0.25) is 0 Å². The summed E-state index contributed by atoms with van der Waals surface area (Å²) >= 11 is -2.08. The first-order chi connectivity index (χ1) is 11.9. The molecule has 2 unspecified atom stereocenters. The molecule has 0 aliphatic carbocycles. The molecule has 0 spiro atoms. The van der Waals surface area contributed by atoms with Crippen LogP contribution in [0.15, 0.2) is 42.5 Å². The SMILES string of the molecule is CC1OC(=O)C(c2ccc(F)cc2)=C1c1ccc(CS(=O)O)cc1F. The maximum absolute atomic E-state index is 14.6. The number of ether oxygens (including phenoxy) is 1. The average Bonchev–Trinajstić information content (AvgIpc) is 2.82. The van der Waals surface area contributed by atoms with Gasteiger partial charge in [-0.2, -0.15) is 0 Å². The fraction of sp³-hybridized carbons (Fsp3) is 0.167. The summed E-state index contributed by atoms with van der Waals surface area (Å²) in [5.74, 6) is -1.86. The molecule has 1 heterocycles. The van der Waals surface area contributed by atoms with E-state index in [9.17, 15) is 17.8 Å². The predicted molar refractivity (Wildman–Crippen MR) is 89.6 cm³/mol. The zero-order valence-electron chi connectivity index (χ0n) is 13.2. The Morgan fingerprint density at radius 2 is 1.84 bits per heavy atom. The van der Waals surface area contributed by atoms with Gasteiger partial charge in [-0.15, -0.1) is 0 Å². The highest BCUT2D eigenvalue weighted by Crippen LogP contribution is 2.38. The number of carbonyl (C=O) groups is 1. The Morgan fingerprint density at radius 1 is 1.16 bits per heavy atom. The summed E-state index contributed by atoms with van der Waals surface area (Å²) in [7, 11) is 0. The van der Waals surface area contributed by atoms with E-state index in [4.69, 9.17) is 9.29 Å². The van der Waals surface area contributed by atoms with Gasteiger partial charge in [-0.05, 0) is 36.2 Å². The molecule has 130 valence electrons. The van der Waals surface area contributed by atoms with Crippen molar-refractivity contribution < 1.29 is 27.1 Å². The summed E-state index contributed by atoms with van der Waals surface area (Å²) in [5.41, 5.74) is 1.52. The Labute approximate surface area is 145 Å². The number of rotatable bonds is 4. The third-order valence-corrected chi connectivity index (χ3v) is 4.49. The molecule has 1 aliphatic heterocycles. The van der Waals surface area contributed by atoms with Crippen LogP contribution in [0.3, 0.4) is 0 Å².